The maximum atomic E-state index is 4.21. The van der Waals surface area contributed by atoms with Crippen molar-refractivity contribution in [1.82, 2.24) is 4.98 Å². The Morgan fingerprint density at radius 1 is 1.36 bits per heavy atom. The van der Waals surface area contributed by atoms with E-state index in [2.05, 4.69) is 31.8 Å². The Balaban J connectivity index is 2.41. The van der Waals surface area contributed by atoms with Gasteiger partial charge in [0.05, 0.1) is 0 Å². The van der Waals surface area contributed by atoms with Gasteiger partial charge in [0.1, 0.15) is 0 Å². The summed E-state index contributed by atoms with van der Waals surface area (Å²) in [5, 5.41) is 0. The van der Waals surface area contributed by atoms with Crippen LogP contribution >= 0.6 is 0 Å². The number of rotatable bonds is 0. The molecule has 1 heteroatoms. The minimum absolute atomic E-state index is 0.385. The molecule has 14 heavy (non-hydrogen) atoms. The van der Waals surface area contributed by atoms with Crippen molar-refractivity contribution in [3.63, 3.8) is 0 Å². The molecule has 0 saturated heterocycles. The van der Waals surface area contributed by atoms with Gasteiger partial charge in [-0.2, -0.15) is 0 Å². The minimum Gasteiger partial charge on any atom is -0.264 e. The third-order valence-electron chi connectivity index (χ3n) is 3.30. The highest BCUT2D eigenvalue weighted by atomic mass is 14.6. The second-order valence-corrected chi connectivity index (χ2v) is 5.39. The van der Waals surface area contributed by atoms with Gasteiger partial charge in [0.2, 0.25) is 0 Å². The molecule has 1 heterocycles. The molecule has 2 rings (SSSR count). The van der Waals surface area contributed by atoms with E-state index in [0.29, 0.717) is 11.3 Å². The summed E-state index contributed by atoms with van der Waals surface area (Å²) in [6, 6.07) is 2.21. The molecular weight excluding hydrogens is 170 g/mol. The summed E-state index contributed by atoms with van der Waals surface area (Å²) in [4.78, 5) is 4.21. The van der Waals surface area contributed by atoms with Crippen LogP contribution in [0.2, 0.25) is 0 Å². The third-order valence-corrected chi connectivity index (χ3v) is 3.30. The molecule has 0 aliphatic heterocycles. The van der Waals surface area contributed by atoms with Gasteiger partial charge in [-0.05, 0) is 47.8 Å². The van der Waals surface area contributed by atoms with Gasteiger partial charge in [-0.1, -0.05) is 20.8 Å². The second kappa shape index (κ2) is 3.38. The lowest BCUT2D eigenvalue weighted by atomic mass is 9.70. The van der Waals surface area contributed by atoms with Gasteiger partial charge < -0.3 is 0 Å². The molecular formula is C13H19N. The molecule has 1 aromatic heterocycles. The molecule has 0 aromatic carbocycles. The van der Waals surface area contributed by atoms with Crippen molar-refractivity contribution in [2.45, 2.75) is 46.0 Å². The Labute approximate surface area is 86.6 Å². The van der Waals surface area contributed by atoms with Crippen molar-refractivity contribution < 1.29 is 0 Å². The van der Waals surface area contributed by atoms with Crippen molar-refractivity contribution in [1.29, 1.82) is 0 Å². The van der Waals surface area contributed by atoms with Crippen LogP contribution in [0.25, 0.3) is 0 Å². The Morgan fingerprint density at radius 3 is 2.86 bits per heavy atom. The highest BCUT2D eigenvalue weighted by Crippen LogP contribution is 2.42. The summed E-state index contributed by atoms with van der Waals surface area (Å²) in [6.07, 6.45) is 7.85. The van der Waals surface area contributed by atoms with Crippen LogP contribution in [0.3, 0.4) is 0 Å². The summed E-state index contributed by atoms with van der Waals surface area (Å²) in [7, 11) is 0. The van der Waals surface area contributed by atoms with Gasteiger partial charge in [0, 0.05) is 12.4 Å². The summed E-state index contributed by atoms with van der Waals surface area (Å²) in [5.41, 5.74) is 3.40. The van der Waals surface area contributed by atoms with Crippen molar-refractivity contribution in [2.75, 3.05) is 0 Å². The van der Waals surface area contributed by atoms with Crippen LogP contribution in [0.4, 0.5) is 0 Å². The van der Waals surface area contributed by atoms with E-state index < -0.39 is 0 Å². The second-order valence-electron chi connectivity index (χ2n) is 5.39. The van der Waals surface area contributed by atoms with E-state index in [9.17, 15) is 0 Å². The number of aryl methyl sites for hydroxylation is 1. The highest BCUT2D eigenvalue weighted by molar-refractivity contribution is 5.30. The first-order valence-electron chi connectivity index (χ1n) is 5.52. The summed E-state index contributed by atoms with van der Waals surface area (Å²) in [6.45, 7) is 7.02. The molecule has 1 aromatic rings. The van der Waals surface area contributed by atoms with Crippen LogP contribution in [0.1, 0.15) is 50.7 Å². The molecule has 1 aliphatic carbocycles. The minimum atomic E-state index is 0.385. The number of pyridine rings is 1. The van der Waals surface area contributed by atoms with Crippen LogP contribution in [0, 0.1) is 5.41 Å². The average Bonchev–Trinajstić information content (AvgIpc) is 2.15. The van der Waals surface area contributed by atoms with Crippen LogP contribution in [-0.2, 0) is 6.42 Å². The van der Waals surface area contributed by atoms with Gasteiger partial charge >= 0.3 is 0 Å². The molecule has 0 spiro atoms. The maximum absolute atomic E-state index is 4.21. The fourth-order valence-electron chi connectivity index (χ4n) is 2.54. The normalized spacial score (nSPS) is 21.8. The first-order chi connectivity index (χ1) is 6.59. The number of aromatic nitrogens is 1. The van der Waals surface area contributed by atoms with Crippen LogP contribution in [0.5, 0.6) is 0 Å². The molecule has 1 aliphatic rings. The summed E-state index contributed by atoms with van der Waals surface area (Å²) < 4.78 is 0. The van der Waals surface area contributed by atoms with E-state index in [1.54, 1.807) is 5.56 Å². The standard InChI is InChI=1S/C13H19N/c1-13(2,3)12-6-4-5-10-9-14-8-7-11(10)12/h7-9,12H,4-6H2,1-3H3/t12-/m0/s1. The fraction of sp³-hybridized carbons (Fsp3) is 0.615. The molecule has 1 atom stereocenters. The number of nitrogens with zero attached hydrogens (tertiary/aromatic N) is 1. The SMILES string of the molecule is CC(C)(C)[C@H]1CCCc2cnccc21. The van der Waals surface area contributed by atoms with Crippen LogP contribution in [-0.4, -0.2) is 4.98 Å². The zero-order valence-electron chi connectivity index (χ0n) is 9.38. The van der Waals surface area contributed by atoms with Gasteiger partial charge in [-0.15, -0.1) is 0 Å². The lowest BCUT2D eigenvalue weighted by molar-refractivity contribution is 0.289. The van der Waals surface area contributed by atoms with E-state index in [-0.39, 0.29) is 0 Å². The van der Waals surface area contributed by atoms with Crippen molar-refractivity contribution in [3.8, 4) is 0 Å². The van der Waals surface area contributed by atoms with Gasteiger partial charge in [0.25, 0.3) is 0 Å². The maximum Gasteiger partial charge on any atom is 0.0302 e. The molecule has 0 fully saturated rings. The first-order valence-corrected chi connectivity index (χ1v) is 5.52. The van der Waals surface area contributed by atoms with Crippen molar-refractivity contribution in [2.24, 2.45) is 5.41 Å². The monoisotopic (exact) mass is 189 g/mol. The topological polar surface area (TPSA) is 12.9 Å². The van der Waals surface area contributed by atoms with Crippen molar-refractivity contribution >= 4 is 0 Å². The molecule has 0 saturated carbocycles. The quantitative estimate of drug-likeness (QED) is 0.608. The Bertz CT molecular complexity index is 322. The zero-order chi connectivity index (χ0) is 10.2. The van der Waals surface area contributed by atoms with Gasteiger partial charge in [-0.3, -0.25) is 4.98 Å². The molecule has 0 bridgehead atoms. The van der Waals surface area contributed by atoms with Crippen LogP contribution in [0.15, 0.2) is 18.5 Å². The number of hydrogen-bond acceptors (Lipinski definition) is 1. The Morgan fingerprint density at radius 2 is 2.14 bits per heavy atom. The first kappa shape index (κ1) is 9.70. The summed E-state index contributed by atoms with van der Waals surface area (Å²) >= 11 is 0. The van der Waals surface area contributed by atoms with Gasteiger partial charge in [0.15, 0.2) is 0 Å². The summed E-state index contributed by atoms with van der Waals surface area (Å²) in [5.74, 6) is 0.717. The molecule has 0 amide bonds. The predicted octanol–water partition coefficient (Wildman–Crippen LogP) is 3.55. The third kappa shape index (κ3) is 1.68. The molecule has 76 valence electrons. The van der Waals surface area contributed by atoms with Gasteiger partial charge in [-0.25, -0.2) is 0 Å². The van der Waals surface area contributed by atoms with Crippen molar-refractivity contribution in [3.05, 3.63) is 29.6 Å². The van der Waals surface area contributed by atoms with E-state index in [0.717, 1.165) is 0 Å². The molecule has 1 nitrogen and oxygen atoms in total. The Hall–Kier alpha value is -0.850. The zero-order valence-corrected chi connectivity index (χ0v) is 9.38. The van der Waals surface area contributed by atoms with E-state index in [1.165, 1.54) is 24.8 Å². The molecule has 0 N–H and O–H groups in total. The highest BCUT2D eigenvalue weighted by Gasteiger charge is 2.29. The fourth-order valence-corrected chi connectivity index (χ4v) is 2.54. The van der Waals surface area contributed by atoms with E-state index in [1.807, 2.05) is 12.4 Å². The lowest BCUT2D eigenvalue weighted by Crippen LogP contribution is -2.23. The average molecular weight is 189 g/mol. The Kier molecular flexibility index (Phi) is 2.34. The lowest BCUT2D eigenvalue weighted by Gasteiger charge is -2.35. The number of hydrogen-bond donors (Lipinski definition) is 0. The smallest absolute Gasteiger partial charge is 0.0302 e. The number of fused-ring (bicyclic) bond motifs is 1. The van der Waals surface area contributed by atoms with Crippen LogP contribution < -0.4 is 0 Å². The largest absolute Gasteiger partial charge is 0.264 e. The predicted molar refractivity (Wildman–Crippen MR) is 59.4 cm³/mol. The molecule has 0 radical (unpaired) electrons. The van der Waals surface area contributed by atoms with E-state index in [4.69, 9.17) is 0 Å². The molecule has 0 unspecified atom stereocenters. The van der Waals surface area contributed by atoms with E-state index >= 15 is 0 Å².